The fraction of sp³-hybridized carbons (Fsp3) is 0.500. The van der Waals surface area contributed by atoms with Crippen LogP contribution in [-0.2, 0) is 17.4 Å². The number of alkyl halides is 3. The predicted octanol–water partition coefficient (Wildman–Crippen LogP) is 3.26. The minimum absolute atomic E-state index is 0.0441. The van der Waals surface area contributed by atoms with Gasteiger partial charge in [-0.25, -0.2) is 0 Å². The highest BCUT2D eigenvalue weighted by Gasteiger charge is 2.31. The zero-order valence-corrected chi connectivity index (χ0v) is 9.71. The van der Waals surface area contributed by atoms with Gasteiger partial charge in [0.25, 0.3) is 0 Å². The first kappa shape index (κ1) is 13.7. The summed E-state index contributed by atoms with van der Waals surface area (Å²) in [5.74, 6) is 0.0577. The average Bonchev–Trinajstić information content (AvgIpc) is 2.25. The summed E-state index contributed by atoms with van der Waals surface area (Å²) in [6.45, 7) is 3.60. The number of aryl methyl sites for hydroxylation is 1. The summed E-state index contributed by atoms with van der Waals surface area (Å²) in [6.07, 6.45) is -2.46. The quantitative estimate of drug-likeness (QED) is 0.815. The molecule has 0 spiro atoms. The number of pyridine rings is 1. The van der Waals surface area contributed by atoms with Crippen molar-refractivity contribution in [3.05, 3.63) is 29.6 Å². The van der Waals surface area contributed by atoms with E-state index >= 15 is 0 Å². The summed E-state index contributed by atoms with van der Waals surface area (Å²) in [6, 6.07) is 2.30. The standard InChI is InChI=1S/C12H14F3NO/c1-8(2)10(17)5-3-9-4-6-11(16-7-9)12(13,14)15/h4,6-8H,3,5H2,1-2H3. The van der Waals surface area contributed by atoms with E-state index in [1.807, 2.05) is 0 Å². The number of ketones is 1. The van der Waals surface area contributed by atoms with Crippen LogP contribution in [0.5, 0.6) is 0 Å². The number of carbonyl (C=O) groups excluding carboxylic acids is 1. The number of nitrogens with zero attached hydrogens (tertiary/aromatic N) is 1. The van der Waals surface area contributed by atoms with E-state index in [2.05, 4.69) is 4.98 Å². The molecule has 1 heterocycles. The second kappa shape index (κ2) is 5.29. The van der Waals surface area contributed by atoms with Crippen molar-refractivity contribution in [1.82, 2.24) is 4.98 Å². The maximum absolute atomic E-state index is 12.2. The minimum atomic E-state index is -4.41. The smallest absolute Gasteiger partial charge is 0.299 e. The van der Waals surface area contributed by atoms with Crippen LogP contribution in [0.15, 0.2) is 18.3 Å². The largest absolute Gasteiger partial charge is 0.433 e. The molecule has 0 bridgehead atoms. The lowest BCUT2D eigenvalue weighted by atomic mass is 10.0. The van der Waals surface area contributed by atoms with Crippen molar-refractivity contribution < 1.29 is 18.0 Å². The SMILES string of the molecule is CC(C)C(=O)CCc1ccc(C(F)(F)F)nc1. The van der Waals surface area contributed by atoms with Crippen LogP contribution in [0.1, 0.15) is 31.5 Å². The van der Waals surface area contributed by atoms with Gasteiger partial charge in [-0.3, -0.25) is 9.78 Å². The van der Waals surface area contributed by atoms with Crippen LogP contribution in [0.2, 0.25) is 0 Å². The number of Topliss-reactive ketones (excluding diaryl/α,β-unsaturated/α-hetero) is 1. The first-order chi connectivity index (χ1) is 7.80. The molecule has 0 aliphatic rings. The third kappa shape index (κ3) is 4.17. The summed E-state index contributed by atoms with van der Waals surface area (Å²) in [7, 11) is 0. The summed E-state index contributed by atoms with van der Waals surface area (Å²) >= 11 is 0. The third-order valence-electron chi connectivity index (χ3n) is 2.42. The van der Waals surface area contributed by atoms with Gasteiger partial charge in [0.05, 0.1) is 0 Å². The molecule has 5 heteroatoms. The van der Waals surface area contributed by atoms with Gasteiger partial charge in [-0.1, -0.05) is 19.9 Å². The Kier molecular flexibility index (Phi) is 4.26. The van der Waals surface area contributed by atoms with Crippen LogP contribution >= 0.6 is 0 Å². The van der Waals surface area contributed by atoms with Crippen molar-refractivity contribution in [2.75, 3.05) is 0 Å². The monoisotopic (exact) mass is 245 g/mol. The Hall–Kier alpha value is -1.39. The molecule has 0 N–H and O–H groups in total. The van der Waals surface area contributed by atoms with Crippen LogP contribution in [0, 0.1) is 5.92 Å². The number of hydrogen-bond donors (Lipinski definition) is 0. The summed E-state index contributed by atoms with van der Waals surface area (Å²) in [5.41, 5.74) is -0.261. The Morgan fingerprint density at radius 1 is 1.35 bits per heavy atom. The van der Waals surface area contributed by atoms with E-state index in [0.29, 0.717) is 18.4 Å². The van der Waals surface area contributed by atoms with E-state index in [-0.39, 0.29) is 11.7 Å². The Morgan fingerprint density at radius 2 is 2.00 bits per heavy atom. The van der Waals surface area contributed by atoms with Gasteiger partial charge in [-0.15, -0.1) is 0 Å². The van der Waals surface area contributed by atoms with Crippen molar-refractivity contribution in [1.29, 1.82) is 0 Å². The molecule has 0 saturated heterocycles. The molecule has 1 rings (SSSR count). The van der Waals surface area contributed by atoms with Gasteiger partial charge in [0.15, 0.2) is 0 Å². The highest BCUT2D eigenvalue weighted by molar-refractivity contribution is 5.80. The molecule has 2 nitrogen and oxygen atoms in total. The maximum atomic E-state index is 12.2. The first-order valence-corrected chi connectivity index (χ1v) is 5.35. The normalized spacial score (nSPS) is 11.9. The van der Waals surface area contributed by atoms with Crippen LogP contribution in [0.3, 0.4) is 0 Å². The van der Waals surface area contributed by atoms with E-state index in [0.717, 1.165) is 6.07 Å². The predicted molar refractivity (Wildman–Crippen MR) is 57.4 cm³/mol. The molecule has 0 aliphatic carbocycles. The first-order valence-electron chi connectivity index (χ1n) is 5.35. The number of carbonyl (C=O) groups is 1. The lowest BCUT2D eigenvalue weighted by molar-refractivity contribution is -0.141. The second-order valence-electron chi connectivity index (χ2n) is 4.17. The van der Waals surface area contributed by atoms with E-state index in [4.69, 9.17) is 0 Å². The maximum Gasteiger partial charge on any atom is 0.433 e. The van der Waals surface area contributed by atoms with E-state index in [1.165, 1.54) is 12.3 Å². The molecule has 0 radical (unpaired) electrons. The molecule has 94 valence electrons. The van der Waals surface area contributed by atoms with Crippen LogP contribution < -0.4 is 0 Å². The molecular weight excluding hydrogens is 231 g/mol. The van der Waals surface area contributed by atoms with Gasteiger partial charge in [0.1, 0.15) is 11.5 Å². The molecule has 0 amide bonds. The zero-order valence-electron chi connectivity index (χ0n) is 9.71. The van der Waals surface area contributed by atoms with E-state index in [1.54, 1.807) is 13.8 Å². The summed E-state index contributed by atoms with van der Waals surface area (Å²) in [4.78, 5) is 14.7. The Balaban J connectivity index is 2.61. The summed E-state index contributed by atoms with van der Waals surface area (Å²) in [5, 5.41) is 0. The molecule has 0 atom stereocenters. The van der Waals surface area contributed by atoms with Gasteiger partial charge < -0.3 is 0 Å². The zero-order chi connectivity index (χ0) is 13.1. The van der Waals surface area contributed by atoms with Crippen LogP contribution in [-0.4, -0.2) is 10.8 Å². The van der Waals surface area contributed by atoms with Crippen molar-refractivity contribution in [3.63, 3.8) is 0 Å². The third-order valence-corrected chi connectivity index (χ3v) is 2.42. The minimum Gasteiger partial charge on any atom is -0.299 e. The average molecular weight is 245 g/mol. The fourth-order valence-electron chi connectivity index (χ4n) is 1.30. The second-order valence-corrected chi connectivity index (χ2v) is 4.17. The van der Waals surface area contributed by atoms with Gasteiger partial charge in [-0.05, 0) is 18.1 Å². The van der Waals surface area contributed by atoms with E-state index in [9.17, 15) is 18.0 Å². The number of aromatic nitrogens is 1. The van der Waals surface area contributed by atoms with Crippen molar-refractivity contribution >= 4 is 5.78 Å². The Labute approximate surface area is 97.9 Å². The topological polar surface area (TPSA) is 30.0 Å². The van der Waals surface area contributed by atoms with Gasteiger partial charge >= 0.3 is 6.18 Å². The number of rotatable bonds is 4. The van der Waals surface area contributed by atoms with Gasteiger partial charge in [0.2, 0.25) is 0 Å². The molecule has 0 aliphatic heterocycles. The van der Waals surface area contributed by atoms with Gasteiger partial charge in [-0.2, -0.15) is 13.2 Å². The molecule has 0 saturated carbocycles. The van der Waals surface area contributed by atoms with Gasteiger partial charge in [0, 0.05) is 18.5 Å². The lowest BCUT2D eigenvalue weighted by Crippen LogP contribution is -2.09. The van der Waals surface area contributed by atoms with E-state index < -0.39 is 11.9 Å². The Bertz CT molecular complexity index is 382. The summed E-state index contributed by atoms with van der Waals surface area (Å²) < 4.78 is 36.7. The highest BCUT2D eigenvalue weighted by Crippen LogP contribution is 2.27. The fourth-order valence-corrected chi connectivity index (χ4v) is 1.30. The Morgan fingerprint density at radius 3 is 2.41 bits per heavy atom. The van der Waals surface area contributed by atoms with Crippen LogP contribution in [0.4, 0.5) is 13.2 Å². The molecule has 1 aromatic rings. The molecular formula is C12H14F3NO. The molecule has 17 heavy (non-hydrogen) atoms. The molecule has 0 unspecified atom stereocenters. The molecule has 0 aromatic carbocycles. The van der Waals surface area contributed by atoms with Crippen molar-refractivity contribution in [2.45, 2.75) is 32.9 Å². The highest BCUT2D eigenvalue weighted by atomic mass is 19.4. The van der Waals surface area contributed by atoms with Crippen LogP contribution in [0.25, 0.3) is 0 Å². The molecule has 0 fully saturated rings. The van der Waals surface area contributed by atoms with Crippen molar-refractivity contribution in [3.8, 4) is 0 Å². The van der Waals surface area contributed by atoms with Crippen molar-refractivity contribution in [2.24, 2.45) is 5.92 Å². The number of halogens is 3. The molecule has 1 aromatic heterocycles. The lowest BCUT2D eigenvalue weighted by Gasteiger charge is -2.07. The number of hydrogen-bond acceptors (Lipinski definition) is 2.